The fourth-order valence-electron chi connectivity index (χ4n) is 5.69. The van der Waals surface area contributed by atoms with Gasteiger partial charge < -0.3 is 19.3 Å². The van der Waals surface area contributed by atoms with Gasteiger partial charge in [0.05, 0.1) is 19.1 Å². The van der Waals surface area contributed by atoms with Crippen LogP contribution in [0.1, 0.15) is 29.2 Å². The van der Waals surface area contributed by atoms with Gasteiger partial charge in [-0.15, -0.1) is 0 Å². The van der Waals surface area contributed by atoms with Crippen LogP contribution in [0.3, 0.4) is 0 Å². The molecule has 0 bridgehead atoms. The van der Waals surface area contributed by atoms with Gasteiger partial charge in [-0.05, 0) is 61.7 Å². The van der Waals surface area contributed by atoms with Crippen molar-refractivity contribution in [1.82, 2.24) is 9.47 Å². The van der Waals surface area contributed by atoms with Crippen LogP contribution >= 0.6 is 24.0 Å². The topological polar surface area (TPSA) is 91.0 Å². The SMILES string of the molecule is CCn1c(N2CCN(c3ccccc3)CC2)c(/C=C2/SC(=S)N(CCc3ccc(OC)c(OC)c3)C2=O)c(C)c(C#N)c1=O. The van der Waals surface area contributed by atoms with Gasteiger partial charge in [0.25, 0.3) is 11.5 Å². The molecule has 3 heterocycles. The standard InChI is InChI=1S/C33H35N5O4S2/c1-5-37-30(36-17-15-35(16-18-36)24-9-7-6-8-10-24)25(22(2)26(21-34)31(37)39)20-29-32(40)38(33(43)44-29)14-13-23-11-12-27(41-3)28(19-23)42-4/h6-12,19-20H,5,13-18H2,1-4H3/b29-20+. The number of thioether (sulfide) groups is 1. The van der Waals surface area contributed by atoms with Crippen LogP contribution < -0.4 is 24.8 Å². The number of anilines is 2. The number of ether oxygens (including phenoxy) is 2. The Bertz CT molecular complexity index is 1710. The first kappa shape index (κ1) is 31.2. The molecule has 2 aliphatic rings. The lowest BCUT2D eigenvalue weighted by atomic mass is 10.0. The fourth-order valence-corrected chi connectivity index (χ4v) is 6.98. The third-order valence-electron chi connectivity index (χ3n) is 8.08. The molecule has 228 valence electrons. The molecular weight excluding hydrogens is 595 g/mol. The van der Waals surface area contributed by atoms with Crippen LogP contribution in [0, 0.1) is 18.3 Å². The van der Waals surface area contributed by atoms with E-state index in [-0.39, 0.29) is 17.0 Å². The number of carbonyl (C=O) groups is 1. The summed E-state index contributed by atoms with van der Waals surface area (Å²) in [5.41, 5.74) is 3.20. The van der Waals surface area contributed by atoms with E-state index in [0.29, 0.717) is 64.5 Å². The van der Waals surface area contributed by atoms with Crippen molar-refractivity contribution < 1.29 is 14.3 Å². The molecule has 5 rings (SSSR count). The zero-order valence-electron chi connectivity index (χ0n) is 25.3. The van der Waals surface area contributed by atoms with Crippen molar-refractivity contribution in [3.63, 3.8) is 0 Å². The third kappa shape index (κ3) is 6.05. The number of aromatic nitrogens is 1. The van der Waals surface area contributed by atoms with Gasteiger partial charge >= 0.3 is 0 Å². The van der Waals surface area contributed by atoms with E-state index < -0.39 is 0 Å². The molecule has 2 aromatic carbocycles. The maximum absolute atomic E-state index is 13.7. The van der Waals surface area contributed by atoms with E-state index in [1.165, 1.54) is 11.8 Å². The van der Waals surface area contributed by atoms with E-state index in [1.54, 1.807) is 30.6 Å². The number of hydrogen-bond acceptors (Lipinski definition) is 9. The van der Waals surface area contributed by atoms with Gasteiger partial charge in [-0.3, -0.25) is 19.1 Å². The third-order valence-corrected chi connectivity index (χ3v) is 9.46. The van der Waals surface area contributed by atoms with Gasteiger partial charge in [0.1, 0.15) is 21.8 Å². The Kier molecular flexibility index (Phi) is 9.61. The molecule has 44 heavy (non-hydrogen) atoms. The maximum atomic E-state index is 13.7. The van der Waals surface area contributed by atoms with Gasteiger partial charge in [0.2, 0.25) is 0 Å². The maximum Gasteiger partial charge on any atom is 0.270 e. The van der Waals surface area contributed by atoms with Gasteiger partial charge in [-0.25, -0.2) is 0 Å². The van der Waals surface area contributed by atoms with Crippen LogP contribution in [0.2, 0.25) is 0 Å². The summed E-state index contributed by atoms with van der Waals surface area (Å²) in [6, 6.07) is 18.1. The van der Waals surface area contributed by atoms with E-state index >= 15 is 0 Å². The van der Waals surface area contributed by atoms with Crippen LogP contribution in [0.5, 0.6) is 11.5 Å². The molecule has 2 aliphatic heterocycles. The second-order valence-electron chi connectivity index (χ2n) is 10.5. The van der Waals surface area contributed by atoms with Crippen molar-refractivity contribution in [2.24, 2.45) is 0 Å². The van der Waals surface area contributed by atoms with Crippen molar-refractivity contribution in [2.75, 3.05) is 56.7 Å². The minimum Gasteiger partial charge on any atom is -0.493 e. The molecule has 0 N–H and O–H groups in total. The first-order chi connectivity index (χ1) is 21.3. The van der Waals surface area contributed by atoms with E-state index in [2.05, 4.69) is 28.0 Å². The number of thiocarbonyl (C=S) groups is 1. The Balaban J connectivity index is 1.45. The number of benzene rings is 2. The number of para-hydroxylation sites is 1. The Morgan fingerprint density at radius 1 is 1.00 bits per heavy atom. The molecule has 0 aliphatic carbocycles. The first-order valence-corrected chi connectivity index (χ1v) is 15.7. The molecule has 1 aromatic heterocycles. The summed E-state index contributed by atoms with van der Waals surface area (Å²) < 4.78 is 12.9. The normalized spacial score (nSPS) is 16.1. The largest absolute Gasteiger partial charge is 0.493 e. The van der Waals surface area contributed by atoms with E-state index in [1.807, 2.05) is 49.4 Å². The molecule has 1 amide bonds. The molecular formula is C33H35N5O4S2. The molecule has 2 saturated heterocycles. The van der Waals surface area contributed by atoms with Crippen LogP contribution in [-0.4, -0.2) is 66.6 Å². The fraction of sp³-hybridized carbons (Fsp3) is 0.333. The van der Waals surface area contributed by atoms with Gasteiger partial charge in [0.15, 0.2) is 11.5 Å². The Morgan fingerprint density at radius 2 is 1.68 bits per heavy atom. The Morgan fingerprint density at radius 3 is 2.32 bits per heavy atom. The van der Waals surface area contributed by atoms with E-state index in [4.69, 9.17) is 21.7 Å². The molecule has 0 spiro atoms. The second-order valence-corrected chi connectivity index (χ2v) is 12.2. The summed E-state index contributed by atoms with van der Waals surface area (Å²) in [6.45, 7) is 7.42. The first-order valence-electron chi connectivity index (χ1n) is 14.5. The number of nitriles is 1. The average Bonchev–Trinajstić information content (AvgIpc) is 3.32. The predicted octanol–water partition coefficient (Wildman–Crippen LogP) is 4.84. The van der Waals surface area contributed by atoms with E-state index in [9.17, 15) is 14.9 Å². The molecule has 0 radical (unpaired) electrons. The quantitative estimate of drug-likeness (QED) is 0.244. The molecule has 11 heteroatoms. The highest BCUT2D eigenvalue weighted by molar-refractivity contribution is 8.26. The summed E-state index contributed by atoms with van der Waals surface area (Å²) in [6.07, 6.45) is 2.39. The van der Waals surface area contributed by atoms with Crippen LogP contribution in [0.25, 0.3) is 6.08 Å². The summed E-state index contributed by atoms with van der Waals surface area (Å²) in [5, 5.41) is 9.93. The molecule has 0 atom stereocenters. The second kappa shape index (κ2) is 13.6. The van der Waals surface area contributed by atoms with Gasteiger partial charge in [-0.2, -0.15) is 5.26 Å². The smallest absolute Gasteiger partial charge is 0.270 e. The van der Waals surface area contributed by atoms with Crippen molar-refractivity contribution in [1.29, 1.82) is 5.26 Å². The lowest BCUT2D eigenvalue weighted by molar-refractivity contribution is -0.122. The number of hydrogen-bond donors (Lipinski definition) is 0. The minimum atomic E-state index is -0.312. The van der Waals surface area contributed by atoms with Crippen LogP contribution in [-0.2, 0) is 17.8 Å². The highest BCUT2D eigenvalue weighted by atomic mass is 32.2. The number of nitrogens with zero attached hydrogens (tertiary/aromatic N) is 5. The number of pyridine rings is 1. The summed E-state index contributed by atoms with van der Waals surface area (Å²) in [5.74, 6) is 1.81. The summed E-state index contributed by atoms with van der Waals surface area (Å²) in [4.78, 5) is 33.7. The van der Waals surface area contributed by atoms with Crippen LogP contribution in [0.15, 0.2) is 58.2 Å². The Hall–Kier alpha value is -4.27. The van der Waals surface area contributed by atoms with Gasteiger partial charge in [-0.1, -0.05) is 48.2 Å². The summed E-state index contributed by atoms with van der Waals surface area (Å²) >= 11 is 6.89. The number of amides is 1. The lowest BCUT2D eigenvalue weighted by Crippen LogP contribution is -2.48. The van der Waals surface area contributed by atoms with Gasteiger partial charge in [0, 0.05) is 50.5 Å². The highest BCUT2D eigenvalue weighted by Crippen LogP contribution is 2.37. The predicted molar refractivity (Wildman–Crippen MR) is 180 cm³/mol. The summed E-state index contributed by atoms with van der Waals surface area (Å²) in [7, 11) is 3.18. The molecule has 2 fully saturated rings. The lowest BCUT2D eigenvalue weighted by Gasteiger charge is -2.39. The van der Waals surface area contributed by atoms with Crippen molar-refractivity contribution in [3.8, 4) is 17.6 Å². The number of methoxy groups -OCH3 is 2. The minimum absolute atomic E-state index is 0.0914. The zero-order chi connectivity index (χ0) is 31.4. The average molecular weight is 630 g/mol. The van der Waals surface area contributed by atoms with Crippen molar-refractivity contribution in [3.05, 3.63) is 86.0 Å². The van der Waals surface area contributed by atoms with Crippen LogP contribution in [0.4, 0.5) is 11.5 Å². The molecule has 9 nitrogen and oxygen atoms in total. The zero-order valence-corrected chi connectivity index (χ0v) is 27.0. The molecule has 0 saturated carbocycles. The number of piperazine rings is 1. The van der Waals surface area contributed by atoms with E-state index in [0.717, 1.165) is 30.2 Å². The Labute approximate surface area is 267 Å². The van der Waals surface area contributed by atoms with Crippen molar-refractivity contribution >= 4 is 51.8 Å². The number of rotatable bonds is 9. The molecule has 0 unspecified atom stereocenters. The molecule has 3 aromatic rings. The number of carbonyl (C=O) groups excluding carboxylic acids is 1. The highest BCUT2D eigenvalue weighted by Gasteiger charge is 2.33. The monoisotopic (exact) mass is 629 g/mol. The van der Waals surface area contributed by atoms with Crippen molar-refractivity contribution in [2.45, 2.75) is 26.8 Å².